The van der Waals surface area contributed by atoms with Gasteiger partial charge in [0.25, 0.3) is 0 Å². The van der Waals surface area contributed by atoms with Crippen LogP contribution in [-0.4, -0.2) is 38.7 Å². The van der Waals surface area contributed by atoms with Gasteiger partial charge in [0.05, 0.1) is 5.54 Å². The molecule has 1 spiro atoms. The average Bonchev–Trinajstić information content (AvgIpc) is 3.07. The highest BCUT2D eigenvalue weighted by Crippen LogP contribution is 2.44. The summed E-state index contributed by atoms with van der Waals surface area (Å²) in [6, 6.07) is 9.62. The topological polar surface area (TPSA) is 67.6 Å². The van der Waals surface area contributed by atoms with Gasteiger partial charge in [0.1, 0.15) is 18.5 Å². The van der Waals surface area contributed by atoms with Crippen LogP contribution in [0.2, 0.25) is 0 Å². The lowest BCUT2D eigenvalue weighted by atomic mass is 9.87. The van der Waals surface area contributed by atoms with Crippen molar-refractivity contribution in [2.24, 2.45) is 0 Å². The standard InChI is InChI=1S/C16H17N3O3/c20-13-8-16(19-7-6-17-14(13)19)10-18(11-16)15(21)22-9-12-4-2-1-3-5-12/h1-7,13,20H,8-11H2. The van der Waals surface area contributed by atoms with Gasteiger partial charge >= 0.3 is 6.09 Å². The molecule has 2 aliphatic rings. The van der Waals surface area contributed by atoms with Gasteiger partial charge in [-0.05, 0) is 5.56 Å². The molecule has 114 valence electrons. The summed E-state index contributed by atoms with van der Waals surface area (Å²) in [6.07, 6.45) is 3.32. The fourth-order valence-electron chi connectivity index (χ4n) is 3.40. The van der Waals surface area contributed by atoms with Gasteiger partial charge in [0, 0.05) is 31.9 Å². The molecule has 0 bridgehead atoms. The Kier molecular flexibility index (Phi) is 2.94. The van der Waals surface area contributed by atoms with E-state index in [4.69, 9.17) is 4.74 Å². The predicted octanol–water partition coefficient (Wildman–Crippen LogP) is 1.67. The van der Waals surface area contributed by atoms with Crippen LogP contribution < -0.4 is 0 Å². The Hall–Kier alpha value is -2.34. The van der Waals surface area contributed by atoms with E-state index in [9.17, 15) is 9.90 Å². The largest absolute Gasteiger partial charge is 0.445 e. The van der Waals surface area contributed by atoms with Gasteiger partial charge in [-0.2, -0.15) is 0 Å². The van der Waals surface area contributed by atoms with Crippen molar-refractivity contribution in [2.45, 2.75) is 24.7 Å². The zero-order valence-corrected chi connectivity index (χ0v) is 12.1. The number of ether oxygens (including phenoxy) is 1. The van der Waals surface area contributed by atoms with Crippen LogP contribution in [0.3, 0.4) is 0 Å². The van der Waals surface area contributed by atoms with Crippen molar-refractivity contribution in [3.63, 3.8) is 0 Å². The SMILES string of the molecule is O=C(OCc1ccccc1)N1CC2(CC(O)c3nccn32)C1. The van der Waals surface area contributed by atoms with Crippen molar-refractivity contribution in [2.75, 3.05) is 13.1 Å². The van der Waals surface area contributed by atoms with Crippen LogP contribution in [0, 0.1) is 0 Å². The van der Waals surface area contributed by atoms with Crippen molar-refractivity contribution in [3.8, 4) is 0 Å². The molecule has 1 N–H and O–H groups in total. The number of aliphatic hydroxyl groups is 1. The number of rotatable bonds is 2. The van der Waals surface area contributed by atoms with Crippen LogP contribution in [0.1, 0.15) is 23.9 Å². The maximum absolute atomic E-state index is 12.1. The van der Waals surface area contributed by atoms with E-state index >= 15 is 0 Å². The molecule has 0 aliphatic carbocycles. The number of aliphatic hydroxyl groups excluding tert-OH is 1. The Bertz CT molecular complexity index is 692. The number of carbonyl (C=O) groups excluding carboxylic acids is 1. The van der Waals surface area contributed by atoms with Crippen LogP contribution in [0.5, 0.6) is 0 Å². The molecule has 1 saturated heterocycles. The number of hydrogen-bond acceptors (Lipinski definition) is 4. The molecule has 0 saturated carbocycles. The summed E-state index contributed by atoms with van der Waals surface area (Å²) in [5.41, 5.74) is 0.760. The second kappa shape index (κ2) is 4.84. The molecule has 6 heteroatoms. The molecule has 4 rings (SSSR count). The van der Waals surface area contributed by atoms with Crippen LogP contribution in [-0.2, 0) is 16.9 Å². The summed E-state index contributed by atoms with van der Waals surface area (Å²) in [7, 11) is 0. The van der Waals surface area contributed by atoms with E-state index in [0.29, 0.717) is 25.3 Å². The van der Waals surface area contributed by atoms with Gasteiger partial charge in [-0.15, -0.1) is 0 Å². The van der Waals surface area contributed by atoms with Gasteiger partial charge in [0.15, 0.2) is 0 Å². The Morgan fingerprint density at radius 2 is 2.14 bits per heavy atom. The molecule has 1 atom stereocenters. The molecule has 1 aromatic carbocycles. The summed E-state index contributed by atoms with van der Waals surface area (Å²) in [5, 5.41) is 10.0. The van der Waals surface area contributed by atoms with Gasteiger partial charge < -0.3 is 19.3 Å². The molecule has 1 fully saturated rings. The highest BCUT2D eigenvalue weighted by Gasteiger charge is 2.53. The van der Waals surface area contributed by atoms with Crippen LogP contribution in [0.4, 0.5) is 4.79 Å². The van der Waals surface area contributed by atoms with E-state index in [1.807, 2.05) is 41.1 Å². The lowest BCUT2D eigenvalue weighted by molar-refractivity contribution is -0.00544. The highest BCUT2D eigenvalue weighted by molar-refractivity contribution is 5.69. The van der Waals surface area contributed by atoms with E-state index in [1.54, 1.807) is 11.1 Å². The number of fused-ring (bicyclic) bond motifs is 2. The first kappa shape index (κ1) is 13.3. The third kappa shape index (κ3) is 1.99. The Morgan fingerprint density at radius 3 is 2.91 bits per heavy atom. The number of imidazole rings is 1. The number of carbonyl (C=O) groups is 1. The molecule has 3 heterocycles. The average molecular weight is 299 g/mol. The van der Waals surface area contributed by atoms with Crippen molar-refractivity contribution >= 4 is 6.09 Å². The number of likely N-dealkylation sites (tertiary alicyclic amines) is 1. The second-order valence-electron chi connectivity index (χ2n) is 6.00. The highest BCUT2D eigenvalue weighted by atomic mass is 16.6. The first-order valence-corrected chi connectivity index (χ1v) is 7.35. The summed E-state index contributed by atoms with van der Waals surface area (Å²) >= 11 is 0. The molecule has 2 aliphatic heterocycles. The fourth-order valence-corrected chi connectivity index (χ4v) is 3.40. The van der Waals surface area contributed by atoms with Gasteiger partial charge in [-0.3, -0.25) is 0 Å². The third-order valence-corrected chi connectivity index (χ3v) is 4.49. The Morgan fingerprint density at radius 1 is 1.36 bits per heavy atom. The smallest absolute Gasteiger partial charge is 0.410 e. The van der Waals surface area contributed by atoms with E-state index in [-0.39, 0.29) is 18.2 Å². The predicted molar refractivity (Wildman–Crippen MR) is 78.0 cm³/mol. The zero-order chi connectivity index (χ0) is 15.2. The number of amides is 1. The van der Waals surface area contributed by atoms with Gasteiger partial charge in [-0.25, -0.2) is 9.78 Å². The van der Waals surface area contributed by atoms with Gasteiger partial charge in [0.2, 0.25) is 0 Å². The minimum Gasteiger partial charge on any atom is -0.445 e. The van der Waals surface area contributed by atoms with Crippen LogP contribution >= 0.6 is 0 Å². The molecule has 2 aromatic rings. The molecule has 22 heavy (non-hydrogen) atoms. The zero-order valence-electron chi connectivity index (χ0n) is 12.1. The monoisotopic (exact) mass is 299 g/mol. The summed E-state index contributed by atoms with van der Waals surface area (Å²) in [6.45, 7) is 1.39. The molecule has 1 aromatic heterocycles. The molecule has 1 unspecified atom stereocenters. The second-order valence-corrected chi connectivity index (χ2v) is 6.00. The third-order valence-electron chi connectivity index (χ3n) is 4.49. The van der Waals surface area contributed by atoms with Crippen LogP contribution in [0.25, 0.3) is 0 Å². The fraction of sp³-hybridized carbons (Fsp3) is 0.375. The lowest BCUT2D eigenvalue weighted by Crippen LogP contribution is -2.62. The van der Waals surface area contributed by atoms with E-state index in [2.05, 4.69) is 4.98 Å². The van der Waals surface area contributed by atoms with E-state index in [0.717, 1.165) is 5.56 Å². The van der Waals surface area contributed by atoms with Crippen molar-refractivity contribution in [1.29, 1.82) is 0 Å². The molecule has 1 amide bonds. The Balaban J connectivity index is 1.37. The number of hydrogen-bond donors (Lipinski definition) is 1. The molecular weight excluding hydrogens is 282 g/mol. The molecule has 6 nitrogen and oxygen atoms in total. The van der Waals surface area contributed by atoms with E-state index in [1.165, 1.54) is 0 Å². The molecule has 0 radical (unpaired) electrons. The lowest BCUT2D eigenvalue weighted by Gasteiger charge is -2.48. The van der Waals surface area contributed by atoms with Crippen molar-refractivity contribution in [1.82, 2.24) is 14.5 Å². The first-order valence-electron chi connectivity index (χ1n) is 7.35. The maximum atomic E-state index is 12.1. The minimum absolute atomic E-state index is 0.211. The first-order chi connectivity index (χ1) is 10.7. The Labute approximate surface area is 127 Å². The molecular formula is C16H17N3O3. The number of benzene rings is 1. The van der Waals surface area contributed by atoms with Crippen LogP contribution in [0.15, 0.2) is 42.7 Å². The summed E-state index contributed by atoms with van der Waals surface area (Å²) in [5.74, 6) is 0.692. The number of aromatic nitrogens is 2. The van der Waals surface area contributed by atoms with E-state index < -0.39 is 6.10 Å². The van der Waals surface area contributed by atoms with Crippen molar-refractivity contribution in [3.05, 3.63) is 54.1 Å². The summed E-state index contributed by atoms with van der Waals surface area (Å²) in [4.78, 5) is 17.9. The quantitative estimate of drug-likeness (QED) is 0.916. The summed E-state index contributed by atoms with van der Waals surface area (Å²) < 4.78 is 7.33. The van der Waals surface area contributed by atoms with Crippen molar-refractivity contribution < 1.29 is 14.6 Å². The number of nitrogens with zero attached hydrogens (tertiary/aromatic N) is 3. The minimum atomic E-state index is -0.544. The maximum Gasteiger partial charge on any atom is 0.410 e. The van der Waals surface area contributed by atoms with Gasteiger partial charge in [-0.1, -0.05) is 30.3 Å². The normalized spacial score (nSPS) is 21.5.